The molecule has 0 aromatic heterocycles. The van der Waals surface area contributed by atoms with Crippen molar-refractivity contribution in [2.75, 3.05) is 7.05 Å². The highest BCUT2D eigenvalue weighted by atomic mass is 19.1. The van der Waals surface area contributed by atoms with Gasteiger partial charge in [-0.2, -0.15) is 0 Å². The standard InChI is InChI=1S/C15H20FNO/c1-17(14-5-3-2-4-6-14)15(18)11-12-7-9-13(16)10-8-12/h7-10,14H,2-6,11H2,1H3. The number of likely N-dealkylation sites (N-methyl/N-ethyl adjacent to an activating group) is 1. The molecule has 0 bridgehead atoms. The number of nitrogens with zero attached hydrogens (tertiary/aromatic N) is 1. The minimum atomic E-state index is -0.258. The van der Waals surface area contributed by atoms with Gasteiger partial charge in [0.2, 0.25) is 5.91 Å². The summed E-state index contributed by atoms with van der Waals surface area (Å²) in [5, 5.41) is 0. The van der Waals surface area contributed by atoms with E-state index in [-0.39, 0.29) is 11.7 Å². The van der Waals surface area contributed by atoms with Crippen LogP contribution < -0.4 is 0 Å². The fourth-order valence-corrected chi connectivity index (χ4v) is 2.57. The number of rotatable bonds is 3. The Kier molecular flexibility index (Phi) is 4.34. The summed E-state index contributed by atoms with van der Waals surface area (Å²) in [5.74, 6) is -0.125. The lowest BCUT2D eigenvalue weighted by Gasteiger charge is -2.31. The van der Waals surface area contributed by atoms with Crippen molar-refractivity contribution in [2.45, 2.75) is 44.6 Å². The molecule has 0 atom stereocenters. The smallest absolute Gasteiger partial charge is 0.226 e. The molecule has 0 aliphatic heterocycles. The molecular formula is C15H20FNO. The monoisotopic (exact) mass is 249 g/mol. The van der Waals surface area contributed by atoms with E-state index in [0.29, 0.717) is 12.5 Å². The van der Waals surface area contributed by atoms with Gasteiger partial charge >= 0.3 is 0 Å². The van der Waals surface area contributed by atoms with Gasteiger partial charge in [0.1, 0.15) is 5.82 Å². The van der Waals surface area contributed by atoms with Crippen LogP contribution >= 0.6 is 0 Å². The number of halogens is 1. The van der Waals surface area contributed by atoms with Gasteiger partial charge in [0.05, 0.1) is 6.42 Å². The van der Waals surface area contributed by atoms with Crippen molar-refractivity contribution in [1.29, 1.82) is 0 Å². The highest BCUT2D eigenvalue weighted by Gasteiger charge is 2.21. The van der Waals surface area contributed by atoms with Crippen LogP contribution in [0.25, 0.3) is 0 Å². The summed E-state index contributed by atoms with van der Waals surface area (Å²) in [6, 6.07) is 6.57. The molecule has 18 heavy (non-hydrogen) atoms. The fourth-order valence-electron chi connectivity index (χ4n) is 2.57. The molecule has 98 valence electrons. The molecule has 0 radical (unpaired) electrons. The zero-order chi connectivity index (χ0) is 13.0. The van der Waals surface area contributed by atoms with Crippen molar-refractivity contribution in [1.82, 2.24) is 4.90 Å². The Hall–Kier alpha value is -1.38. The third-order valence-corrected chi connectivity index (χ3v) is 3.78. The molecule has 0 N–H and O–H groups in total. The molecule has 2 rings (SSSR count). The van der Waals surface area contributed by atoms with E-state index in [0.717, 1.165) is 18.4 Å². The van der Waals surface area contributed by atoms with E-state index in [1.165, 1.54) is 31.4 Å². The van der Waals surface area contributed by atoms with Crippen LogP contribution in [-0.2, 0) is 11.2 Å². The largest absolute Gasteiger partial charge is 0.342 e. The summed E-state index contributed by atoms with van der Waals surface area (Å²) in [6.07, 6.45) is 6.33. The van der Waals surface area contributed by atoms with Crippen LogP contribution in [0.15, 0.2) is 24.3 Å². The Balaban J connectivity index is 1.92. The van der Waals surface area contributed by atoms with Gasteiger partial charge in [-0.1, -0.05) is 31.4 Å². The summed E-state index contributed by atoms with van der Waals surface area (Å²) in [6.45, 7) is 0. The van der Waals surface area contributed by atoms with Crippen LogP contribution in [0.4, 0.5) is 4.39 Å². The summed E-state index contributed by atoms with van der Waals surface area (Å²) < 4.78 is 12.8. The number of hydrogen-bond acceptors (Lipinski definition) is 1. The van der Waals surface area contributed by atoms with Crippen LogP contribution in [0, 0.1) is 5.82 Å². The first kappa shape index (κ1) is 13.1. The predicted octanol–water partition coefficient (Wildman–Crippen LogP) is 3.16. The van der Waals surface area contributed by atoms with Crippen molar-refractivity contribution in [3.63, 3.8) is 0 Å². The van der Waals surface area contributed by atoms with Gasteiger partial charge in [-0.3, -0.25) is 4.79 Å². The van der Waals surface area contributed by atoms with E-state index in [1.807, 2.05) is 11.9 Å². The molecule has 1 aromatic carbocycles. The molecule has 1 aliphatic carbocycles. The Morgan fingerprint density at radius 1 is 1.22 bits per heavy atom. The van der Waals surface area contributed by atoms with Gasteiger partial charge in [-0.15, -0.1) is 0 Å². The number of hydrogen-bond donors (Lipinski definition) is 0. The molecule has 1 aliphatic rings. The van der Waals surface area contributed by atoms with Gasteiger partial charge in [0.25, 0.3) is 0 Å². The first-order valence-electron chi connectivity index (χ1n) is 6.67. The highest BCUT2D eigenvalue weighted by molar-refractivity contribution is 5.78. The second-order valence-electron chi connectivity index (χ2n) is 5.10. The number of amides is 1. The second-order valence-corrected chi connectivity index (χ2v) is 5.10. The van der Waals surface area contributed by atoms with Crippen molar-refractivity contribution in [3.8, 4) is 0 Å². The molecule has 0 saturated heterocycles. The Bertz CT molecular complexity index is 395. The molecule has 1 saturated carbocycles. The molecule has 1 aromatic rings. The van der Waals surface area contributed by atoms with Gasteiger partial charge in [0.15, 0.2) is 0 Å². The van der Waals surface area contributed by atoms with E-state index in [1.54, 1.807) is 12.1 Å². The molecule has 3 heteroatoms. The number of carbonyl (C=O) groups is 1. The van der Waals surface area contributed by atoms with E-state index in [9.17, 15) is 9.18 Å². The first-order chi connectivity index (χ1) is 8.66. The molecule has 1 amide bonds. The zero-order valence-electron chi connectivity index (χ0n) is 10.9. The maximum absolute atomic E-state index is 12.8. The number of benzene rings is 1. The van der Waals surface area contributed by atoms with Crippen LogP contribution in [0.3, 0.4) is 0 Å². The second kappa shape index (κ2) is 5.98. The molecule has 0 heterocycles. The first-order valence-corrected chi connectivity index (χ1v) is 6.67. The van der Waals surface area contributed by atoms with Crippen molar-refractivity contribution >= 4 is 5.91 Å². The Labute approximate surface area is 108 Å². The molecule has 2 nitrogen and oxygen atoms in total. The molecule has 1 fully saturated rings. The van der Waals surface area contributed by atoms with Crippen molar-refractivity contribution in [3.05, 3.63) is 35.6 Å². The van der Waals surface area contributed by atoms with Gasteiger partial charge in [0, 0.05) is 13.1 Å². The minimum absolute atomic E-state index is 0.133. The maximum atomic E-state index is 12.8. The third-order valence-electron chi connectivity index (χ3n) is 3.78. The van der Waals surface area contributed by atoms with Crippen molar-refractivity contribution in [2.24, 2.45) is 0 Å². The van der Waals surface area contributed by atoms with Crippen LogP contribution in [0.1, 0.15) is 37.7 Å². The average Bonchev–Trinajstić information content (AvgIpc) is 2.41. The van der Waals surface area contributed by atoms with Gasteiger partial charge < -0.3 is 4.90 Å². The predicted molar refractivity (Wildman–Crippen MR) is 69.7 cm³/mol. The normalized spacial score (nSPS) is 16.6. The maximum Gasteiger partial charge on any atom is 0.226 e. The van der Waals surface area contributed by atoms with E-state index in [2.05, 4.69) is 0 Å². The molecule has 0 spiro atoms. The summed E-state index contributed by atoms with van der Waals surface area (Å²) >= 11 is 0. The summed E-state index contributed by atoms with van der Waals surface area (Å²) in [5.41, 5.74) is 0.879. The van der Waals surface area contributed by atoms with Gasteiger partial charge in [-0.05, 0) is 30.5 Å². The highest BCUT2D eigenvalue weighted by Crippen LogP contribution is 2.22. The lowest BCUT2D eigenvalue weighted by atomic mass is 9.94. The Morgan fingerprint density at radius 3 is 2.44 bits per heavy atom. The fraction of sp³-hybridized carbons (Fsp3) is 0.533. The molecule has 0 unspecified atom stereocenters. The Morgan fingerprint density at radius 2 is 1.83 bits per heavy atom. The average molecular weight is 249 g/mol. The topological polar surface area (TPSA) is 20.3 Å². The van der Waals surface area contributed by atoms with E-state index in [4.69, 9.17) is 0 Å². The number of carbonyl (C=O) groups excluding carboxylic acids is 1. The quantitative estimate of drug-likeness (QED) is 0.805. The lowest BCUT2D eigenvalue weighted by Crippen LogP contribution is -2.39. The lowest BCUT2D eigenvalue weighted by molar-refractivity contribution is -0.131. The van der Waals surface area contributed by atoms with Crippen LogP contribution in [-0.4, -0.2) is 23.9 Å². The summed E-state index contributed by atoms with van der Waals surface area (Å²) in [4.78, 5) is 14.0. The molecular weight excluding hydrogens is 229 g/mol. The zero-order valence-corrected chi connectivity index (χ0v) is 10.9. The van der Waals surface area contributed by atoms with Crippen LogP contribution in [0.2, 0.25) is 0 Å². The van der Waals surface area contributed by atoms with E-state index < -0.39 is 0 Å². The SMILES string of the molecule is CN(C(=O)Cc1ccc(F)cc1)C1CCCCC1. The van der Waals surface area contributed by atoms with E-state index >= 15 is 0 Å². The minimum Gasteiger partial charge on any atom is -0.342 e. The van der Waals surface area contributed by atoms with Gasteiger partial charge in [-0.25, -0.2) is 4.39 Å². The van der Waals surface area contributed by atoms with Crippen LogP contribution in [0.5, 0.6) is 0 Å². The summed E-state index contributed by atoms with van der Waals surface area (Å²) in [7, 11) is 1.89. The van der Waals surface area contributed by atoms with Crippen molar-refractivity contribution < 1.29 is 9.18 Å². The third kappa shape index (κ3) is 3.31.